The Morgan fingerprint density at radius 3 is 2.67 bits per heavy atom. The summed E-state index contributed by atoms with van der Waals surface area (Å²) >= 11 is 0. The smallest absolute Gasteiger partial charge is 0.335 e. The van der Waals surface area contributed by atoms with Gasteiger partial charge in [0.1, 0.15) is 11.6 Å². The lowest BCUT2D eigenvalue weighted by Gasteiger charge is -2.12. The Morgan fingerprint density at radius 1 is 1.20 bits per heavy atom. The van der Waals surface area contributed by atoms with E-state index in [1.54, 1.807) is 31.2 Å². The van der Waals surface area contributed by atoms with Gasteiger partial charge in [-0.3, -0.25) is 4.98 Å². The van der Waals surface area contributed by atoms with E-state index in [2.05, 4.69) is 26.4 Å². The normalized spacial score (nSPS) is 10.5. The summed E-state index contributed by atoms with van der Waals surface area (Å²) in [6, 6.07) is 9.67. The molecule has 0 aliphatic carbocycles. The highest BCUT2D eigenvalue weighted by atomic mass is 19.1. The summed E-state index contributed by atoms with van der Waals surface area (Å²) in [7, 11) is 0. The number of hydrogen-bond acceptors (Lipinski definition) is 3. The van der Waals surface area contributed by atoms with E-state index in [1.165, 1.54) is 12.1 Å². The second kappa shape index (κ2) is 9.84. The molecule has 0 saturated heterocycles. The first-order valence-electron chi connectivity index (χ1n) is 9.84. The topological polar surface area (TPSA) is 68.0 Å². The van der Waals surface area contributed by atoms with Gasteiger partial charge in [-0.05, 0) is 56.5 Å². The molecule has 1 N–H and O–H groups in total. The number of carbonyl (C=O) groups is 1. The minimum absolute atomic E-state index is 0.256. The van der Waals surface area contributed by atoms with Gasteiger partial charge in [-0.15, -0.1) is 5.92 Å². The zero-order chi connectivity index (χ0) is 21.5. The number of rotatable bonds is 8. The molecule has 154 valence electrons. The van der Waals surface area contributed by atoms with Crippen molar-refractivity contribution in [2.75, 3.05) is 0 Å². The van der Waals surface area contributed by atoms with Crippen LogP contribution in [-0.4, -0.2) is 25.6 Å². The monoisotopic (exact) mass is 405 g/mol. The highest BCUT2D eigenvalue weighted by Gasteiger charge is 2.12. The molecule has 0 bridgehead atoms. The summed E-state index contributed by atoms with van der Waals surface area (Å²) in [6.45, 7) is 4.20. The number of halogens is 1. The van der Waals surface area contributed by atoms with E-state index in [4.69, 9.17) is 0 Å². The van der Waals surface area contributed by atoms with Crippen LogP contribution in [0.15, 0.2) is 42.6 Å². The molecule has 6 heteroatoms. The van der Waals surface area contributed by atoms with Gasteiger partial charge in [-0.2, -0.15) is 0 Å². The maximum Gasteiger partial charge on any atom is 0.335 e. The van der Waals surface area contributed by atoms with Crippen molar-refractivity contribution >= 4 is 5.97 Å². The number of benzene rings is 1. The molecule has 0 saturated carbocycles. The molecule has 0 amide bonds. The molecule has 0 spiro atoms. The van der Waals surface area contributed by atoms with Gasteiger partial charge in [-0.1, -0.05) is 18.1 Å². The zero-order valence-corrected chi connectivity index (χ0v) is 17.2. The Bertz CT molecular complexity index is 1090. The Morgan fingerprint density at radius 2 is 1.97 bits per heavy atom. The van der Waals surface area contributed by atoms with Crippen LogP contribution in [0.2, 0.25) is 0 Å². The number of carboxylic acid groups (broad SMARTS) is 1. The number of aromatic carboxylic acids is 1. The van der Waals surface area contributed by atoms with Crippen LogP contribution >= 0.6 is 0 Å². The van der Waals surface area contributed by atoms with E-state index in [0.29, 0.717) is 25.1 Å². The SMILES string of the molecule is CC#CCc1cnc(CCCc2cc(C(=O)O)cc(C)n2)n1Cc1ccc(F)cc1. The molecule has 3 aromatic rings. The molecular formula is C24H24FN3O2. The first kappa shape index (κ1) is 21.3. The maximum absolute atomic E-state index is 13.2. The predicted octanol–water partition coefficient (Wildman–Crippen LogP) is 4.21. The van der Waals surface area contributed by atoms with Gasteiger partial charge in [0, 0.05) is 36.2 Å². The van der Waals surface area contributed by atoms with Crippen LogP contribution in [0.4, 0.5) is 4.39 Å². The number of hydrogen-bond donors (Lipinski definition) is 1. The summed E-state index contributed by atoms with van der Waals surface area (Å²) in [5.41, 5.74) is 3.73. The molecule has 1 aromatic carbocycles. The van der Waals surface area contributed by atoms with Crippen LogP contribution in [0.3, 0.4) is 0 Å². The Balaban J connectivity index is 1.75. The molecule has 2 aromatic heterocycles. The lowest BCUT2D eigenvalue weighted by molar-refractivity contribution is 0.0696. The van der Waals surface area contributed by atoms with E-state index >= 15 is 0 Å². The number of pyridine rings is 1. The van der Waals surface area contributed by atoms with Gasteiger partial charge >= 0.3 is 5.97 Å². The van der Waals surface area contributed by atoms with Crippen molar-refractivity contribution in [3.8, 4) is 11.8 Å². The van der Waals surface area contributed by atoms with Gasteiger partial charge < -0.3 is 9.67 Å². The molecule has 5 nitrogen and oxygen atoms in total. The molecule has 3 rings (SSSR count). The minimum atomic E-state index is -0.946. The number of carboxylic acids is 1. The third-order valence-corrected chi connectivity index (χ3v) is 4.81. The van der Waals surface area contributed by atoms with Gasteiger partial charge in [-0.25, -0.2) is 14.2 Å². The van der Waals surface area contributed by atoms with Gasteiger partial charge in [0.25, 0.3) is 0 Å². The van der Waals surface area contributed by atoms with Crippen molar-refractivity contribution in [1.29, 1.82) is 0 Å². The van der Waals surface area contributed by atoms with E-state index < -0.39 is 5.97 Å². The van der Waals surface area contributed by atoms with Crippen molar-refractivity contribution < 1.29 is 14.3 Å². The standard InChI is InChI=1S/C24H24FN3O2/c1-3-4-7-22-15-26-23(28(22)16-18-9-11-20(25)12-10-18)8-5-6-21-14-19(24(29)30)13-17(2)27-21/h9-15H,5-8,16H2,1-2H3,(H,29,30). The molecule has 0 aliphatic heterocycles. The van der Waals surface area contributed by atoms with Crippen molar-refractivity contribution in [3.63, 3.8) is 0 Å². The van der Waals surface area contributed by atoms with Crippen molar-refractivity contribution in [2.45, 2.75) is 46.1 Å². The van der Waals surface area contributed by atoms with Gasteiger partial charge in [0.05, 0.1) is 12.0 Å². The van der Waals surface area contributed by atoms with Crippen LogP contribution < -0.4 is 0 Å². The summed E-state index contributed by atoms with van der Waals surface area (Å²) < 4.78 is 15.4. The summed E-state index contributed by atoms with van der Waals surface area (Å²) in [5.74, 6) is 5.72. The van der Waals surface area contributed by atoms with Crippen LogP contribution in [0.25, 0.3) is 0 Å². The minimum Gasteiger partial charge on any atom is -0.478 e. The summed E-state index contributed by atoms with van der Waals surface area (Å²) in [6.07, 6.45) is 4.62. The molecular weight excluding hydrogens is 381 g/mol. The number of aryl methyl sites for hydroxylation is 3. The molecule has 0 fully saturated rings. The van der Waals surface area contributed by atoms with Crippen molar-refractivity contribution in [2.24, 2.45) is 0 Å². The number of aromatic nitrogens is 3. The lowest BCUT2D eigenvalue weighted by atomic mass is 10.1. The second-order valence-electron chi connectivity index (χ2n) is 7.13. The molecule has 0 aliphatic rings. The Hall–Kier alpha value is -3.46. The fourth-order valence-corrected chi connectivity index (χ4v) is 3.36. The van der Waals surface area contributed by atoms with Gasteiger partial charge in [0.2, 0.25) is 0 Å². The highest BCUT2D eigenvalue weighted by Crippen LogP contribution is 2.15. The van der Waals surface area contributed by atoms with Crippen molar-refractivity contribution in [3.05, 3.63) is 82.4 Å². The third-order valence-electron chi connectivity index (χ3n) is 4.81. The van der Waals surface area contributed by atoms with Gasteiger partial charge in [0.15, 0.2) is 0 Å². The quantitative estimate of drug-likeness (QED) is 0.570. The number of imidazole rings is 1. The summed E-state index contributed by atoms with van der Waals surface area (Å²) in [5, 5.41) is 9.23. The highest BCUT2D eigenvalue weighted by molar-refractivity contribution is 5.87. The fourth-order valence-electron chi connectivity index (χ4n) is 3.36. The average Bonchev–Trinajstić information content (AvgIpc) is 3.09. The van der Waals surface area contributed by atoms with Crippen LogP contribution in [0.5, 0.6) is 0 Å². The third kappa shape index (κ3) is 5.54. The average molecular weight is 405 g/mol. The van der Waals surface area contributed by atoms with E-state index in [0.717, 1.165) is 35.6 Å². The Labute approximate surface area is 175 Å². The van der Waals surface area contributed by atoms with E-state index in [1.807, 2.05) is 13.1 Å². The molecule has 2 heterocycles. The van der Waals surface area contributed by atoms with E-state index in [9.17, 15) is 14.3 Å². The molecule has 30 heavy (non-hydrogen) atoms. The lowest BCUT2D eigenvalue weighted by Crippen LogP contribution is -2.09. The van der Waals surface area contributed by atoms with Crippen LogP contribution in [0.1, 0.15) is 52.2 Å². The maximum atomic E-state index is 13.2. The molecule has 0 atom stereocenters. The zero-order valence-electron chi connectivity index (χ0n) is 17.2. The predicted molar refractivity (Wildman–Crippen MR) is 113 cm³/mol. The largest absolute Gasteiger partial charge is 0.478 e. The first-order valence-corrected chi connectivity index (χ1v) is 9.84. The first-order chi connectivity index (χ1) is 14.5. The Kier molecular flexibility index (Phi) is 6.97. The van der Waals surface area contributed by atoms with E-state index in [-0.39, 0.29) is 11.4 Å². The number of nitrogens with zero attached hydrogens (tertiary/aromatic N) is 3. The van der Waals surface area contributed by atoms with Crippen LogP contribution in [-0.2, 0) is 25.8 Å². The van der Waals surface area contributed by atoms with Crippen LogP contribution in [0, 0.1) is 24.6 Å². The summed E-state index contributed by atoms with van der Waals surface area (Å²) in [4.78, 5) is 20.3. The molecule has 0 unspecified atom stereocenters. The fraction of sp³-hybridized carbons (Fsp3) is 0.292. The second-order valence-corrected chi connectivity index (χ2v) is 7.13. The molecule has 0 radical (unpaired) electrons. The van der Waals surface area contributed by atoms with Crippen molar-refractivity contribution in [1.82, 2.24) is 14.5 Å².